The van der Waals surface area contributed by atoms with Crippen LogP contribution in [0.3, 0.4) is 0 Å². The summed E-state index contributed by atoms with van der Waals surface area (Å²) in [5.41, 5.74) is 5.73. The second kappa shape index (κ2) is 9.66. The molecular weight excluding hydrogens is 320 g/mol. The first-order valence-corrected chi connectivity index (χ1v) is 10.1. The summed E-state index contributed by atoms with van der Waals surface area (Å²) in [6.45, 7) is 8.48. The highest BCUT2D eigenvalue weighted by molar-refractivity contribution is 5.79. The monoisotopic (exact) mass is 354 g/mol. The van der Waals surface area contributed by atoms with Gasteiger partial charge in [0.25, 0.3) is 0 Å². The molecule has 2 nitrogen and oxygen atoms in total. The summed E-state index contributed by atoms with van der Waals surface area (Å²) < 4.78 is 0. The van der Waals surface area contributed by atoms with Gasteiger partial charge in [0, 0.05) is 11.1 Å². The molecule has 0 atom stereocenters. The SMILES string of the molecule is CCCCCCc1cc(C)cc(-c2cc(C)cc(CCCC)c2O)c1O. The van der Waals surface area contributed by atoms with Crippen LogP contribution in [0.4, 0.5) is 0 Å². The number of rotatable bonds is 9. The maximum absolute atomic E-state index is 10.9. The minimum atomic E-state index is 0.321. The van der Waals surface area contributed by atoms with Gasteiger partial charge in [-0.05, 0) is 73.9 Å². The van der Waals surface area contributed by atoms with Gasteiger partial charge in [0.05, 0.1) is 0 Å². The Balaban J connectivity index is 2.41. The molecule has 0 aromatic heterocycles. The molecule has 0 bridgehead atoms. The predicted molar refractivity (Wildman–Crippen MR) is 111 cm³/mol. The summed E-state index contributed by atoms with van der Waals surface area (Å²) in [5.74, 6) is 0.649. The molecule has 2 N–H and O–H groups in total. The minimum absolute atomic E-state index is 0.321. The van der Waals surface area contributed by atoms with Crippen LogP contribution < -0.4 is 0 Å². The van der Waals surface area contributed by atoms with Crippen LogP contribution in [0.15, 0.2) is 24.3 Å². The first-order valence-electron chi connectivity index (χ1n) is 10.1. The van der Waals surface area contributed by atoms with Crippen molar-refractivity contribution in [1.29, 1.82) is 0 Å². The molecule has 0 amide bonds. The molecule has 0 aliphatic rings. The van der Waals surface area contributed by atoms with Gasteiger partial charge in [-0.2, -0.15) is 0 Å². The van der Waals surface area contributed by atoms with Crippen molar-refractivity contribution < 1.29 is 10.2 Å². The normalized spacial score (nSPS) is 11.1. The lowest BCUT2D eigenvalue weighted by Crippen LogP contribution is -1.95. The average molecular weight is 355 g/mol. The van der Waals surface area contributed by atoms with E-state index in [1.807, 2.05) is 12.1 Å². The first-order chi connectivity index (χ1) is 12.5. The van der Waals surface area contributed by atoms with Gasteiger partial charge in [-0.25, -0.2) is 0 Å². The van der Waals surface area contributed by atoms with Gasteiger partial charge >= 0.3 is 0 Å². The molecule has 0 fully saturated rings. The van der Waals surface area contributed by atoms with E-state index in [4.69, 9.17) is 0 Å². The summed E-state index contributed by atoms with van der Waals surface area (Å²) in [6, 6.07) is 8.12. The molecule has 0 aliphatic heterocycles. The zero-order valence-corrected chi connectivity index (χ0v) is 16.9. The summed E-state index contributed by atoms with van der Waals surface area (Å²) in [7, 11) is 0. The van der Waals surface area contributed by atoms with Gasteiger partial charge in [-0.1, -0.05) is 51.7 Å². The van der Waals surface area contributed by atoms with Crippen LogP contribution in [0.5, 0.6) is 11.5 Å². The number of aromatic hydroxyl groups is 2. The topological polar surface area (TPSA) is 40.5 Å². The zero-order valence-electron chi connectivity index (χ0n) is 16.9. The Bertz CT molecular complexity index is 731. The number of phenolic OH excluding ortho intramolecular Hbond substituents is 2. The molecule has 142 valence electrons. The predicted octanol–water partition coefficient (Wildman–Crippen LogP) is 6.85. The summed E-state index contributed by atoms with van der Waals surface area (Å²) in [6.07, 6.45) is 8.63. The fraction of sp³-hybridized carbons (Fsp3) is 0.500. The molecule has 0 spiro atoms. The van der Waals surface area contributed by atoms with Crippen LogP contribution in [0.25, 0.3) is 11.1 Å². The highest BCUT2D eigenvalue weighted by Gasteiger charge is 2.16. The Morgan fingerprint density at radius 2 is 1.08 bits per heavy atom. The smallest absolute Gasteiger partial charge is 0.126 e. The Morgan fingerprint density at radius 3 is 1.54 bits per heavy atom. The molecule has 0 radical (unpaired) electrons. The van der Waals surface area contributed by atoms with Crippen LogP contribution in [0, 0.1) is 13.8 Å². The largest absolute Gasteiger partial charge is 0.507 e. The lowest BCUT2D eigenvalue weighted by Gasteiger charge is -2.16. The zero-order chi connectivity index (χ0) is 19.1. The number of benzene rings is 2. The van der Waals surface area contributed by atoms with Crippen molar-refractivity contribution in [3.8, 4) is 22.6 Å². The fourth-order valence-electron chi connectivity index (χ4n) is 3.61. The van der Waals surface area contributed by atoms with Crippen molar-refractivity contribution in [3.63, 3.8) is 0 Å². The van der Waals surface area contributed by atoms with Crippen molar-refractivity contribution in [2.24, 2.45) is 0 Å². The van der Waals surface area contributed by atoms with Crippen LogP contribution in [0.1, 0.15) is 74.6 Å². The molecule has 0 unspecified atom stereocenters. The van der Waals surface area contributed by atoms with E-state index in [0.717, 1.165) is 65.5 Å². The highest BCUT2D eigenvalue weighted by Crippen LogP contribution is 2.41. The molecule has 2 aromatic rings. The van der Waals surface area contributed by atoms with E-state index in [1.54, 1.807) is 0 Å². The van der Waals surface area contributed by atoms with Crippen LogP contribution >= 0.6 is 0 Å². The van der Waals surface area contributed by atoms with Gasteiger partial charge in [0.2, 0.25) is 0 Å². The van der Waals surface area contributed by atoms with E-state index in [0.29, 0.717) is 11.5 Å². The summed E-state index contributed by atoms with van der Waals surface area (Å²) >= 11 is 0. The second-order valence-electron chi connectivity index (χ2n) is 7.55. The number of aryl methyl sites for hydroxylation is 4. The molecule has 0 heterocycles. The van der Waals surface area contributed by atoms with Crippen molar-refractivity contribution in [1.82, 2.24) is 0 Å². The fourth-order valence-corrected chi connectivity index (χ4v) is 3.61. The van der Waals surface area contributed by atoms with Crippen molar-refractivity contribution in [2.45, 2.75) is 79.1 Å². The number of unbranched alkanes of at least 4 members (excludes halogenated alkanes) is 4. The van der Waals surface area contributed by atoms with E-state index in [2.05, 4.69) is 39.8 Å². The first kappa shape index (κ1) is 20.4. The third-order valence-corrected chi connectivity index (χ3v) is 5.06. The number of hydrogen-bond donors (Lipinski definition) is 2. The quantitative estimate of drug-likeness (QED) is 0.484. The standard InChI is InChI=1S/C24H34O2/c1-5-7-9-10-12-20-14-18(4)16-22(24(20)26)21-15-17(3)13-19(23(21)25)11-8-6-2/h13-16,25-26H,5-12H2,1-4H3. The van der Waals surface area contributed by atoms with E-state index in [-0.39, 0.29) is 0 Å². The average Bonchev–Trinajstić information content (AvgIpc) is 2.61. The third-order valence-electron chi connectivity index (χ3n) is 5.06. The van der Waals surface area contributed by atoms with E-state index in [1.165, 1.54) is 19.3 Å². The molecule has 0 saturated carbocycles. The van der Waals surface area contributed by atoms with Gasteiger partial charge in [0.15, 0.2) is 0 Å². The minimum Gasteiger partial charge on any atom is -0.507 e. The Hall–Kier alpha value is -1.96. The maximum atomic E-state index is 10.9. The van der Waals surface area contributed by atoms with Gasteiger partial charge in [0.1, 0.15) is 11.5 Å². The van der Waals surface area contributed by atoms with E-state index < -0.39 is 0 Å². The second-order valence-corrected chi connectivity index (χ2v) is 7.55. The maximum Gasteiger partial charge on any atom is 0.126 e. The molecule has 2 rings (SSSR count). The summed E-state index contributed by atoms with van der Waals surface area (Å²) in [4.78, 5) is 0. The Kier molecular flexibility index (Phi) is 7.56. The molecular formula is C24H34O2. The Morgan fingerprint density at radius 1 is 0.615 bits per heavy atom. The van der Waals surface area contributed by atoms with Gasteiger partial charge in [-0.15, -0.1) is 0 Å². The van der Waals surface area contributed by atoms with Gasteiger partial charge in [-0.3, -0.25) is 0 Å². The van der Waals surface area contributed by atoms with Crippen LogP contribution in [-0.4, -0.2) is 10.2 Å². The lowest BCUT2D eigenvalue weighted by atomic mass is 9.92. The van der Waals surface area contributed by atoms with E-state index >= 15 is 0 Å². The third kappa shape index (κ3) is 5.03. The van der Waals surface area contributed by atoms with Crippen LogP contribution in [0.2, 0.25) is 0 Å². The van der Waals surface area contributed by atoms with Gasteiger partial charge < -0.3 is 10.2 Å². The molecule has 26 heavy (non-hydrogen) atoms. The summed E-state index contributed by atoms with van der Waals surface area (Å²) in [5, 5.41) is 21.7. The molecule has 2 heteroatoms. The van der Waals surface area contributed by atoms with Crippen molar-refractivity contribution in [2.75, 3.05) is 0 Å². The molecule has 0 saturated heterocycles. The van der Waals surface area contributed by atoms with Crippen molar-refractivity contribution >= 4 is 0 Å². The molecule has 2 aromatic carbocycles. The Labute approximate surface area is 158 Å². The van der Waals surface area contributed by atoms with Crippen LogP contribution in [-0.2, 0) is 12.8 Å². The molecule has 0 aliphatic carbocycles. The number of phenols is 2. The van der Waals surface area contributed by atoms with Crippen molar-refractivity contribution in [3.05, 3.63) is 46.5 Å². The highest BCUT2D eigenvalue weighted by atomic mass is 16.3. The number of hydrogen-bond acceptors (Lipinski definition) is 2. The lowest BCUT2D eigenvalue weighted by molar-refractivity contribution is 0.460. The van der Waals surface area contributed by atoms with E-state index in [9.17, 15) is 10.2 Å².